The molecule has 2 fully saturated rings. The summed E-state index contributed by atoms with van der Waals surface area (Å²) in [6.07, 6.45) is 3.47. The molecule has 3 atom stereocenters. The molecule has 0 radical (unpaired) electrons. The zero-order chi connectivity index (χ0) is 9.42. The van der Waals surface area contributed by atoms with Crippen molar-refractivity contribution in [3.05, 3.63) is 0 Å². The molecule has 2 heteroatoms. The summed E-state index contributed by atoms with van der Waals surface area (Å²) in [5, 5.41) is 0. The van der Waals surface area contributed by atoms with Crippen LogP contribution in [0, 0.1) is 11.8 Å². The van der Waals surface area contributed by atoms with Gasteiger partial charge in [0, 0.05) is 31.5 Å². The smallest absolute Gasteiger partial charge is 0.138 e. The van der Waals surface area contributed by atoms with Gasteiger partial charge >= 0.3 is 0 Å². The lowest BCUT2D eigenvalue weighted by atomic mass is 9.98. The van der Waals surface area contributed by atoms with Crippen molar-refractivity contribution in [2.24, 2.45) is 11.8 Å². The van der Waals surface area contributed by atoms with Gasteiger partial charge in [-0.1, -0.05) is 20.3 Å². The minimum absolute atomic E-state index is 0.284. The standard InChI is InChI=1S/C11H19NO/c1-3-9-6-10(9)12-5-4-11(13)8(2)7-12/h8-10H,3-7H2,1-2H3. The summed E-state index contributed by atoms with van der Waals surface area (Å²) >= 11 is 0. The summed E-state index contributed by atoms with van der Waals surface area (Å²) in [6.45, 7) is 6.37. The molecule has 1 saturated carbocycles. The first-order valence-electron chi connectivity index (χ1n) is 5.49. The van der Waals surface area contributed by atoms with Crippen molar-refractivity contribution in [2.75, 3.05) is 13.1 Å². The number of piperidine rings is 1. The molecule has 0 aromatic rings. The van der Waals surface area contributed by atoms with Gasteiger partial charge in [-0.05, 0) is 12.3 Å². The van der Waals surface area contributed by atoms with Gasteiger partial charge in [-0.15, -0.1) is 0 Å². The van der Waals surface area contributed by atoms with Crippen LogP contribution in [0.25, 0.3) is 0 Å². The molecule has 0 amide bonds. The number of hydrogen-bond acceptors (Lipinski definition) is 2. The summed E-state index contributed by atoms with van der Waals surface area (Å²) in [6, 6.07) is 0.820. The fourth-order valence-corrected chi connectivity index (χ4v) is 2.46. The molecule has 2 rings (SSSR count). The van der Waals surface area contributed by atoms with E-state index in [1.807, 2.05) is 0 Å². The van der Waals surface area contributed by atoms with Crippen molar-refractivity contribution >= 4 is 5.78 Å². The van der Waals surface area contributed by atoms with Crippen molar-refractivity contribution in [1.82, 2.24) is 4.90 Å². The zero-order valence-corrected chi connectivity index (χ0v) is 8.62. The first-order chi connectivity index (χ1) is 6.22. The highest BCUT2D eigenvalue weighted by atomic mass is 16.1. The minimum Gasteiger partial charge on any atom is -0.299 e. The van der Waals surface area contributed by atoms with Crippen LogP contribution in [0.1, 0.15) is 33.1 Å². The van der Waals surface area contributed by atoms with Gasteiger partial charge < -0.3 is 0 Å². The van der Waals surface area contributed by atoms with Crippen LogP contribution in [-0.4, -0.2) is 29.8 Å². The number of ketones is 1. The fourth-order valence-electron chi connectivity index (χ4n) is 2.46. The fraction of sp³-hybridized carbons (Fsp3) is 0.909. The Morgan fingerprint density at radius 1 is 1.54 bits per heavy atom. The number of carbonyl (C=O) groups is 1. The van der Waals surface area contributed by atoms with E-state index in [1.165, 1.54) is 12.8 Å². The molecule has 74 valence electrons. The van der Waals surface area contributed by atoms with E-state index >= 15 is 0 Å². The molecular weight excluding hydrogens is 162 g/mol. The van der Waals surface area contributed by atoms with E-state index in [4.69, 9.17) is 0 Å². The normalized spacial score (nSPS) is 40.8. The van der Waals surface area contributed by atoms with Crippen LogP contribution in [0.5, 0.6) is 0 Å². The van der Waals surface area contributed by atoms with E-state index in [-0.39, 0.29) is 5.92 Å². The molecule has 3 unspecified atom stereocenters. The number of Topliss-reactive ketones (excluding diaryl/α,β-unsaturated/α-hetero) is 1. The van der Waals surface area contributed by atoms with Crippen molar-refractivity contribution in [2.45, 2.75) is 39.2 Å². The van der Waals surface area contributed by atoms with Gasteiger partial charge in [0.25, 0.3) is 0 Å². The maximum atomic E-state index is 11.3. The van der Waals surface area contributed by atoms with E-state index in [1.54, 1.807) is 0 Å². The molecule has 0 bridgehead atoms. The third kappa shape index (κ3) is 1.78. The van der Waals surface area contributed by atoms with Crippen LogP contribution in [0.15, 0.2) is 0 Å². The number of nitrogens with zero attached hydrogens (tertiary/aromatic N) is 1. The highest BCUT2D eigenvalue weighted by molar-refractivity contribution is 5.81. The van der Waals surface area contributed by atoms with Crippen LogP contribution in [-0.2, 0) is 4.79 Å². The molecule has 13 heavy (non-hydrogen) atoms. The van der Waals surface area contributed by atoms with Crippen LogP contribution in [0.3, 0.4) is 0 Å². The Kier molecular flexibility index (Phi) is 2.41. The molecule has 0 aromatic carbocycles. The molecule has 2 nitrogen and oxygen atoms in total. The lowest BCUT2D eigenvalue weighted by Crippen LogP contribution is -2.41. The van der Waals surface area contributed by atoms with Gasteiger partial charge in [-0.2, -0.15) is 0 Å². The van der Waals surface area contributed by atoms with Gasteiger partial charge in [0.15, 0.2) is 0 Å². The van der Waals surface area contributed by atoms with Crippen LogP contribution < -0.4 is 0 Å². The Labute approximate surface area is 80.3 Å². The van der Waals surface area contributed by atoms with Crippen molar-refractivity contribution in [3.8, 4) is 0 Å². The second-order valence-electron chi connectivity index (χ2n) is 4.58. The molecule has 2 aliphatic rings. The summed E-state index contributed by atoms with van der Waals surface area (Å²) in [4.78, 5) is 13.8. The average Bonchev–Trinajstić information content (AvgIpc) is 2.88. The topological polar surface area (TPSA) is 20.3 Å². The van der Waals surface area contributed by atoms with Gasteiger partial charge in [0.2, 0.25) is 0 Å². The number of rotatable bonds is 2. The Hall–Kier alpha value is -0.370. The molecular formula is C11H19NO. The predicted octanol–water partition coefficient (Wildman–Crippen LogP) is 1.70. The van der Waals surface area contributed by atoms with Gasteiger partial charge in [-0.3, -0.25) is 9.69 Å². The zero-order valence-electron chi connectivity index (χ0n) is 8.62. The first kappa shape index (κ1) is 9.20. The van der Waals surface area contributed by atoms with Gasteiger partial charge in [0.1, 0.15) is 5.78 Å². The monoisotopic (exact) mass is 181 g/mol. The van der Waals surface area contributed by atoms with E-state index in [0.717, 1.165) is 31.5 Å². The second-order valence-corrected chi connectivity index (χ2v) is 4.58. The Bertz CT molecular complexity index is 214. The third-order valence-corrected chi connectivity index (χ3v) is 3.58. The Balaban J connectivity index is 1.86. The minimum atomic E-state index is 0.284. The third-order valence-electron chi connectivity index (χ3n) is 3.58. The Morgan fingerprint density at radius 3 is 2.85 bits per heavy atom. The van der Waals surface area contributed by atoms with E-state index in [9.17, 15) is 4.79 Å². The maximum absolute atomic E-state index is 11.3. The first-order valence-corrected chi connectivity index (χ1v) is 5.49. The Morgan fingerprint density at radius 2 is 2.31 bits per heavy atom. The van der Waals surface area contributed by atoms with E-state index in [0.29, 0.717) is 5.78 Å². The molecule has 1 heterocycles. The quantitative estimate of drug-likeness (QED) is 0.646. The van der Waals surface area contributed by atoms with Crippen molar-refractivity contribution in [3.63, 3.8) is 0 Å². The molecule has 0 N–H and O–H groups in total. The lowest BCUT2D eigenvalue weighted by molar-refractivity contribution is -0.125. The molecule has 1 aliphatic carbocycles. The molecule has 0 spiro atoms. The summed E-state index contributed by atoms with van der Waals surface area (Å²) in [5.41, 5.74) is 0. The largest absolute Gasteiger partial charge is 0.299 e. The number of hydrogen-bond donors (Lipinski definition) is 0. The van der Waals surface area contributed by atoms with Crippen LogP contribution in [0.4, 0.5) is 0 Å². The highest BCUT2D eigenvalue weighted by Crippen LogP contribution is 2.39. The number of carbonyl (C=O) groups excluding carboxylic acids is 1. The maximum Gasteiger partial charge on any atom is 0.138 e. The summed E-state index contributed by atoms with van der Waals surface area (Å²) in [5.74, 6) is 1.68. The van der Waals surface area contributed by atoms with Crippen molar-refractivity contribution < 1.29 is 4.79 Å². The highest BCUT2D eigenvalue weighted by Gasteiger charge is 2.42. The summed E-state index contributed by atoms with van der Waals surface area (Å²) < 4.78 is 0. The van der Waals surface area contributed by atoms with Gasteiger partial charge in [-0.25, -0.2) is 0 Å². The van der Waals surface area contributed by atoms with Crippen LogP contribution >= 0.6 is 0 Å². The second kappa shape index (κ2) is 3.41. The molecule has 0 aromatic heterocycles. The SMILES string of the molecule is CCC1CC1N1CCC(=O)C(C)C1. The average molecular weight is 181 g/mol. The number of likely N-dealkylation sites (tertiary alicyclic amines) is 1. The van der Waals surface area contributed by atoms with Crippen molar-refractivity contribution in [1.29, 1.82) is 0 Å². The summed E-state index contributed by atoms with van der Waals surface area (Å²) in [7, 11) is 0. The molecule has 1 saturated heterocycles. The van der Waals surface area contributed by atoms with E-state index in [2.05, 4.69) is 18.7 Å². The van der Waals surface area contributed by atoms with E-state index < -0.39 is 0 Å². The molecule has 1 aliphatic heterocycles. The predicted molar refractivity (Wildman–Crippen MR) is 52.5 cm³/mol. The van der Waals surface area contributed by atoms with Crippen LogP contribution in [0.2, 0.25) is 0 Å². The lowest BCUT2D eigenvalue weighted by Gasteiger charge is -2.30. The van der Waals surface area contributed by atoms with Gasteiger partial charge in [0.05, 0.1) is 0 Å².